The number of anilines is 1. The van der Waals surface area contributed by atoms with Gasteiger partial charge in [0.2, 0.25) is 5.95 Å². The molecule has 0 saturated carbocycles. The summed E-state index contributed by atoms with van der Waals surface area (Å²) in [5.74, 6) is 1.42. The zero-order valence-corrected chi connectivity index (χ0v) is 15.2. The molecule has 1 saturated heterocycles. The molecular formula is C20H22FN5O. The van der Waals surface area contributed by atoms with Crippen molar-refractivity contribution in [2.24, 2.45) is 13.0 Å². The van der Waals surface area contributed by atoms with Crippen molar-refractivity contribution in [3.05, 3.63) is 48.7 Å². The van der Waals surface area contributed by atoms with E-state index in [9.17, 15) is 4.39 Å². The number of hydrogen-bond acceptors (Lipinski definition) is 5. The average Bonchev–Trinajstić information content (AvgIpc) is 3.13. The van der Waals surface area contributed by atoms with Crippen LogP contribution in [0.2, 0.25) is 0 Å². The van der Waals surface area contributed by atoms with Crippen LogP contribution < -0.4 is 5.32 Å². The zero-order valence-electron chi connectivity index (χ0n) is 15.2. The molecule has 1 aromatic carbocycles. The maximum absolute atomic E-state index is 13.7. The fourth-order valence-corrected chi connectivity index (χ4v) is 3.30. The largest absolute Gasteiger partial charge is 0.381 e. The molecule has 0 bridgehead atoms. The van der Waals surface area contributed by atoms with Gasteiger partial charge in [0.15, 0.2) is 5.82 Å². The Morgan fingerprint density at radius 1 is 1.33 bits per heavy atom. The van der Waals surface area contributed by atoms with Gasteiger partial charge >= 0.3 is 0 Å². The second-order valence-corrected chi connectivity index (χ2v) is 6.79. The standard InChI is InChI=1S/C20H22FN5O/c1-26-8-7-22-19(26)18-17(15-5-2-6-16(21)10-15)12-24-20(25-18)23-11-14-4-3-9-27-13-14/h2,5-8,10,12,14H,3-4,9,11,13H2,1H3,(H,23,24,25)/t14-/m1/s1. The first kappa shape index (κ1) is 17.6. The Hall–Kier alpha value is -2.80. The normalized spacial score (nSPS) is 17.0. The van der Waals surface area contributed by atoms with Crippen molar-refractivity contribution in [1.29, 1.82) is 0 Å². The number of nitrogens with zero attached hydrogens (tertiary/aromatic N) is 4. The molecule has 3 aromatic rings. The fourth-order valence-electron chi connectivity index (χ4n) is 3.30. The molecule has 1 aliphatic heterocycles. The monoisotopic (exact) mass is 367 g/mol. The maximum Gasteiger partial charge on any atom is 0.223 e. The first-order chi connectivity index (χ1) is 13.2. The van der Waals surface area contributed by atoms with Gasteiger partial charge in [0.1, 0.15) is 11.5 Å². The number of aromatic nitrogens is 4. The highest BCUT2D eigenvalue weighted by atomic mass is 19.1. The lowest BCUT2D eigenvalue weighted by atomic mass is 10.0. The molecular weight excluding hydrogens is 345 g/mol. The van der Waals surface area contributed by atoms with Crippen molar-refractivity contribution >= 4 is 5.95 Å². The lowest BCUT2D eigenvalue weighted by Gasteiger charge is -2.22. The number of benzene rings is 1. The molecule has 2 aromatic heterocycles. The molecule has 140 valence electrons. The molecule has 3 heterocycles. The Morgan fingerprint density at radius 2 is 2.26 bits per heavy atom. The summed E-state index contributed by atoms with van der Waals surface area (Å²) in [6.45, 7) is 2.37. The van der Waals surface area contributed by atoms with E-state index in [1.54, 1.807) is 18.5 Å². The van der Waals surface area contributed by atoms with Crippen LogP contribution in [0.3, 0.4) is 0 Å². The predicted molar refractivity (Wildman–Crippen MR) is 102 cm³/mol. The van der Waals surface area contributed by atoms with Crippen molar-refractivity contribution in [2.75, 3.05) is 25.1 Å². The van der Waals surface area contributed by atoms with Gasteiger partial charge in [-0.2, -0.15) is 0 Å². The summed E-state index contributed by atoms with van der Waals surface area (Å²) in [7, 11) is 1.91. The highest BCUT2D eigenvalue weighted by Gasteiger charge is 2.17. The number of ether oxygens (including phenoxy) is 1. The third kappa shape index (κ3) is 3.98. The maximum atomic E-state index is 13.7. The summed E-state index contributed by atoms with van der Waals surface area (Å²) in [6, 6.07) is 6.44. The van der Waals surface area contributed by atoms with Crippen molar-refractivity contribution in [3.8, 4) is 22.6 Å². The first-order valence-corrected chi connectivity index (χ1v) is 9.13. The van der Waals surface area contributed by atoms with Gasteiger partial charge in [0.25, 0.3) is 0 Å². The molecule has 1 aliphatic rings. The SMILES string of the molecule is Cn1ccnc1-c1nc(NC[C@H]2CCCOC2)ncc1-c1cccc(F)c1. The Labute approximate surface area is 157 Å². The van der Waals surface area contributed by atoms with E-state index in [0.717, 1.165) is 43.7 Å². The second kappa shape index (κ2) is 7.84. The van der Waals surface area contributed by atoms with Gasteiger partial charge in [-0.05, 0) is 36.5 Å². The topological polar surface area (TPSA) is 64.9 Å². The Bertz CT molecular complexity index is 920. The van der Waals surface area contributed by atoms with Gasteiger partial charge in [-0.25, -0.2) is 19.3 Å². The molecule has 0 spiro atoms. The minimum Gasteiger partial charge on any atom is -0.381 e. The van der Waals surface area contributed by atoms with Crippen LogP contribution in [0.1, 0.15) is 12.8 Å². The molecule has 1 N–H and O–H groups in total. The van der Waals surface area contributed by atoms with Crippen LogP contribution >= 0.6 is 0 Å². The van der Waals surface area contributed by atoms with E-state index in [-0.39, 0.29) is 5.82 Å². The highest BCUT2D eigenvalue weighted by Crippen LogP contribution is 2.30. The summed E-state index contributed by atoms with van der Waals surface area (Å²) in [6.07, 6.45) is 7.54. The molecule has 0 unspecified atom stereocenters. The molecule has 4 rings (SSSR count). The number of halogens is 1. The van der Waals surface area contributed by atoms with Crippen molar-refractivity contribution in [2.45, 2.75) is 12.8 Å². The van der Waals surface area contributed by atoms with Gasteiger partial charge in [0, 0.05) is 44.4 Å². The van der Waals surface area contributed by atoms with Crippen LogP contribution in [0.4, 0.5) is 10.3 Å². The summed E-state index contributed by atoms with van der Waals surface area (Å²) in [5.41, 5.74) is 2.14. The number of aryl methyl sites for hydroxylation is 1. The molecule has 0 amide bonds. The smallest absolute Gasteiger partial charge is 0.223 e. The number of nitrogens with one attached hydrogen (secondary N) is 1. The van der Waals surface area contributed by atoms with Gasteiger partial charge in [0.05, 0.1) is 6.61 Å². The summed E-state index contributed by atoms with van der Waals surface area (Å²) in [5, 5.41) is 3.31. The van der Waals surface area contributed by atoms with Crippen LogP contribution in [-0.2, 0) is 11.8 Å². The van der Waals surface area contributed by atoms with Gasteiger partial charge < -0.3 is 14.6 Å². The molecule has 7 heteroatoms. The molecule has 0 aliphatic carbocycles. The summed E-state index contributed by atoms with van der Waals surface area (Å²) >= 11 is 0. The third-order valence-electron chi connectivity index (χ3n) is 4.76. The van der Waals surface area contributed by atoms with Gasteiger partial charge in [-0.15, -0.1) is 0 Å². The summed E-state index contributed by atoms with van der Waals surface area (Å²) < 4.78 is 21.1. The van der Waals surface area contributed by atoms with Crippen molar-refractivity contribution in [1.82, 2.24) is 19.5 Å². The number of rotatable bonds is 5. The highest BCUT2D eigenvalue weighted by molar-refractivity contribution is 5.78. The summed E-state index contributed by atoms with van der Waals surface area (Å²) in [4.78, 5) is 13.6. The third-order valence-corrected chi connectivity index (χ3v) is 4.76. The average molecular weight is 367 g/mol. The van der Waals surface area contributed by atoms with Crippen LogP contribution in [0.15, 0.2) is 42.9 Å². The lowest BCUT2D eigenvalue weighted by molar-refractivity contribution is 0.0594. The second-order valence-electron chi connectivity index (χ2n) is 6.79. The van der Waals surface area contributed by atoms with Crippen LogP contribution in [-0.4, -0.2) is 39.3 Å². The minimum atomic E-state index is -0.294. The first-order valence-electron chi connectivity index (χ1n) is 9.13. The van der Waals surface area contributed by atoms with E-state index < -0.39 is 0 Å². The van der Waals surface area contributed by atoms with Crippen LogP contribution in [0.5, 0.6) is 0 Å². The molecule has 1 atom stereocenters. The Balaban J connectivity index is 1.66. The van der Waals surface area contributed by atoms with Crippen LogP contribution in [0, 0.1) is 11.7 Å². The predicted octanol–water partition coefficient (Wildman–Crippen LogP) is 3.52. The molecule has 6 nitrogen and oxygen atoms in total. The quantitative estimate of drug-likeness (QED) is 0.747. The van der Waals surface area contributed by atoms with E-state index in [2.05, 4.69) is 15.3 Å². The van der Waals surface area contributed by atoms with Gasteiger partial charge in [-0.1, -0.05) is 12.1 Å². The van der Waals surface area contributed by atoms with E-state index in [4.69, 9.17) is 9.72 Å². The number of imidazole rings is 1. The van der Waals surface area contributed by atoms with Crippen molar-refractivity contribution < 1.29 is 9.13 Å². The molecule has 1 fully saturated rings. The van der Waals surface area contributed by atoms with Crippen LogP contribution in [0.25, 0.3) is 22.6 Å². The minimum absolute atomic E-state index is 0.294. The van der Waals surface area contributed by atoms with E-state index in [0.29, 0.717) is 23.4 Å². The van der Waals surface area contributed by atoms with E-state index in [1.807, 2.05) is 23.9 Å². The van der Waals surface area contributed by atoms with Crippen molar-refractivity contribution in [3.63, 3.8) is 0 Å². The lowest BCUT2D eigenvalue weighted by Crippen LogP contribution is -2.25. The Kier molecular flexibility index (Phi) is 5.11. The van der Waals surface area contributed by atoms with E-state index in [1.165, 1.54) is 12.1 Å². The molecule has 0 radical (unpaired) electrons. The molecule has 27 heavy (non-hydrogen) atoms. The van der Waals surface area contributed by atoms with E-state index >= 15 is 0 Å². The zero-order chi connectivity index (χ0) is 18.6. The Morgan fingerprint density at radius 3 is 3.00 bits per heavy atom. The number of hydrogen-bond donors (Lipinski definition) is 1. The van der Waals surface area contributed by atoms with Gasteiger partial charge in [-0.3, -0.25) is 0 Å². The fraction of sp³-hybridized carbons (Fsp3) is 0.350.